The summed E-state index contributed by atoms with van der Waals surface area (Å²) in [6.45, 7) is 1.72. The number of pyridine rings is 1. The quantitative estimate of drug-likeness (QED) is 0.879. The van der Waals surface area contributed by atoms with Crippen molar-refractivity contribution < 1.29 is 22.7 Å². The number of aromatic nitrogens is 1. The molecule has 0 aliphatic heterocycles. The topological polar surface area (TPSA) is 110 Å². The number of carboxylic acid groups (broad SMARTS) is 1. The van der Waals surface area contributed by atoms with Crippen molar-refractivity contribution in [3.8, 4) is 0 Å². The van der Waals surface area contributed by atoms with E-state index in [2.05, 4.69) is 9.71 Å². The maximum absolute atomic E-state index is 11.9. The SMILES string of the molecule is Cc1cccc(NS(=O)(=O)c2ccc(C(=O)O)o2)n1. The van der Waals surface area contributed by atoms with E-state index >= 15 is 0 Å². The Bertz CT molecular complexity index is 720. The molecule has 0 atom stereocenters. The predicted molar refractivity (Wildman–Crippen MR) is 65.4 cm³/mol. The number of nitrogens with zero attached hydrogens (tertiary/aromatic N) is 1. The van der Waals surface area contributed by atoms with Gasteiger partial charge in [0.2, 0.25) is 10.9 Å². The van der Waals surface area contributed by atoms with E-state index in [0.29, 0.717) is 5.69 Å². The van der Waals surface area contributed by atoms with Gasteiger partial charge >= 0.3 is 5.97 Å². The molecule has 2 heterocycles. The number of sulfonamides is 1. The Kier molecular flexibility index (Phi) is 3.26. The van der Waals surface area contributed by atoms with Crippen molar-refractivity contribution in [2.24, 2.45) is 0 Å². The molecule has 0 amide bonds. The average molecular weight is 282 g/mol. The van der Waals surface area contributed by atoms with E-state index in [1.165, 1.54) is 6.07 Å². The van der Waals surface area contributed by atoms with Crippen LogP contribution in [0.1, 0.15) is 16.2 Å². The normalized spacial score (nSPS) is 11.2. The van der Waals surface area contributed by atoms with E-state index in [9.17, 15) is 13.2 Å². The van der Waals surface area contributed by atoms with Crippen LogP contribution in [0.4, 0.5) is 5.82 Å². The highest BCUT2D eigenvalue weighted by molar-refractivity contribution is 7.92. The minimum Gasteiger partial charge on any atom is -0.475 e. The summed E-state index contributed by atoms with van der Waals surface area (Å²) in [7, 11) is -3.99. The van der Waals surface area contributed by atoms with Crippen LogP contribution < -0.4 is 4.72 Å². The lowest BCUT2D eigenvalue weighted by atomic mass is 10.4. The fourth-order valence-electron chi connectivity index (χ4n) is 1.37. The Hall–Kier alpha value is -2.35. The lowest BCUT2D eigenvalue weighted by Crippen LogP contribution is -2.13. The van der Waals surface area contributed by atoms with Crippen molar-refractivity contribution in [2.75, 3.05) is 4.72 Å². The van der Waals surface area contributed by atoms with Crippen molar-refractivity contribution in [1.82, 2.24) is 4.98 Å². The zero-order chi connectivity index (χ0) is 14.0. The molecule has 0 aliphatic carbocycles. The second-order valence-corrected chi connectivity index (χ2v) is 5.31. The van der Waals surface area contributed by atoms with E-state index in [0.717, 1.165) is 12.1 Å². The summed E-state index contributed by atoms with van der Waals surface area (Å²) in [5.41, 5.74) is 0.644. The average Bonchev–Trinajstić information content (AvgIpc) is 2.78. The second-order valence-electron chi connectivity index (χ2n) is 3.69. The summed E-state index contributed by atoms with van der Waals surface area (Å²) >= 11 is 0. The maximum atomic E-state index is 11.9. The van der Waals surface area contributed by atoms with Gasteiger partial charge in [0.15, 0.2) is 0 Å². The summed E-state index contributed by atoms with van der Waals surface area (Å²) < 4.78 is 30.8. The number of aryl methyl sites for hydroxylation is 1. The molecule has 2 aromatic heterocycles. The minimum atomic E-state index is -3.99. The van der Waals surface area contributed by atoms with E-state index < -0.39 is 26.8 Å². The Morgan fingerprint density at radius 2 is 2.05 bits per heavy atom. The number of nitrogens with one attached hydrogen (secondary N) is 1. The van der Waals surface area contributed by atoms with E-state index in [1.807, 2.05) is 0 Å². The number of furan rings is 1. The van der Waals surface area contributed by atoms with Gasteiger partial charge in [-0.2, -0.15) is 8.42 Å². The van der Waals surface area contributed by atoms with Crippen molar-refractivity contribution in [2.45, 2.75) is 12.0 Å². The molecule has 0 unspecified atom stereocenters. The molecule has 19 heavy (non-hydrogen) atoms. The molecule has 8 heteroatoms. The van der Waals surface area contributed by atoms with Gasteiger partial charge in [-0.05, 0) is 31.2 Å². The van der Waals surface area contributed by atoms with Gasteiger partial charge in [-0.25, -0.2) is 9.78 Å². The number of rotatable bonds is 4. The van der Waals surface area contributed by atoms with Crippen LogP contribution in [0.5, 0.6) is 0 Å². The molecule has 7 nitrogen and oxygen atoms in total. The lowest BCUT2D eigenvalue weighted by Gasteiger charge is -2.04. The second kappa shape index (κ2) is 4.73. The van der Waals surface area contributed by atoms with Crippen LogP contribution in [0.3, 0.4) is 0 Å². The number of carboxylic acids is 1. The third-order valence-electron chi connectivity index (χ3n) is 2.18. The zero-order valence-corrected chi connectivity index (χ0v) is 10.6. The van der Waals surface area contributed by atoms with Crippen molar-refractivity contribution in [3.05, 3.63) is 41.8 Å². The molecule has 0 bridgehead atoms. The molecule has 0 aromatic carbocycles. The standard InChI is InChI=1S/C11H10N2O5S/c1-7-3-2-4-9(12-7)13-19(16,17)10-6-5-8(18-10)11(14)15/h2-6H,1H3,(H,12,13)(H,14,15). The molecule has 100 valence electrons. The van der Waals surface area contributed by atoms with Gasteiger partial charge in [0.05, 0.1) is 0 Å². The maximum Gasteiger partial charge on any atom is 0.371 e. The molecule has 0 saturated heterocycles. The lowest BCUT2D eigenvalue weighted by molar-refractivity contribution is 0.0656. The van der Waals surface area contributed by atoms with Gasteiger partial charge in [-0.1, -0.05) is 6.07 Å². The monoisotopic (exact) mass is 282 g/mol. The Morgan fingerprint density at radius 1 is 1.32 bits per heavy atom. The molecule has 2 aromatic rings. The molecule has 0 fully saturated rings. The fraction of sp³-hybridized carbons (Fsp3) is 0.0909. The van der Waals surface area contributed by atoms with E-state index in [4.69, 9.17) is 9.52 Å². The Balaban J connectivity index is 2.29. The molecular weight excluding hydrogens is 272 g/mol. The van der Waals surface area contributed by atoms with Crippen LogP contribution in [-0.2, 0) is 10.0 Å². The first kappa shape index (κ1) is 13.1. The largest absolute Gasteiger partial charge is 0.475 e. The van der Waals surface area contributed by atoms with Gasteiger partial charge in [0.1, 0.15) is 5.82 Å². The number of aromatic carboxylic acids is 1. The molecule has 2 rings (SSSR count). The summed E-state index contributed by atoms with van der Waals surface area (Å²) in [4.78, 5) is 14.6. The highest BCUT2D eigenvalue weighted by atomic mass is 32.2. The van der Waals surface area contributed by atoms with Crippen LogP contribution in [0.25, 0.3) is 0 Å². The summed E-state index contributed by atoms with van der Waals surface area (Å²) in [5, 5.41) is 8.19. The van der Waals surface area contributed by atoms with Gasteiger partial charge < -0.3 is 9.52 Å². The summed E-state index contributed by atoms with van der Waals surface area (Å²) in [6.07, 6.45) is 0. The first-order valence-corrected chi connectivity index (χ1v) is 6.66. The number of carbonyl (C=O) groups is 1. The highest BCUT2D eigenvalue weighted by Crippen LogP contribution is 2.17. The summed E-state index contributed by atoms with van der Waals surface area (Å²) in [6, 6.07) is 6.98. The third-order valence-corrected chi connectivity index (χ3v) is 3.41. The molecular formula is C11H10N2O5S. The third kappa shape index (κ3) is 2.91. The molecule has 0 spiro atoms. The van der Waals surface area contributed by atoms with Gasteiger partial charge in [0.25, 0.3) is 10.0 Å². The first-order valence-electron chi connectivity index (χ1n) is 5.18. The van der Waals surface area contributed by atoms with Crippen molar-refractivity contribution in [1.29, 1.82) is 0 Å². The molecule has 2 N–H and O–H groups in total. The predicted octanol–water partition coefficient (Wildman–Crippen LogP) is 1.48. The smallest absolute Gasteiger partial charge is 0.371 e. The summed E-state index contributed by atoms with van der Waals surface area (Å²) in [5.74, 6) is -1.65. The minimum absolute atomic E-state index is 0.133. The van der Waals surface area contributed by atoms with Crippen LogP contribution in [0.2, 0.25) is 0 Å². The Morgan fingerprint density at radius 3 is 2.63 bits per heavy atom. The molecule has 0 radical (unpaired) electrons. The van der Waals surface area contributed by atoms with E-state index in [1.54, 1.807) is 19.1 Å². The number of hydrogen-bond donors (Lipinski definition) is 2. The number of hydrogen-bond acceptors (Lipinski definition) is 5. The van der Waals surface area contributed by atoms with Crippen LogP contribution in [-0.4, -0.2) is 24.5 Å². The van der Waals surface area contributed by atoms with Crippen LogP contribution in [0.15, 0.2) is 39.8 Å². The Labute approximate surface area is 108 Å². The van der Waals surface area contributed by atoms with Crippen molar-refractivity contribution in [3.63, 3.8) is 0 Å². The zero-order valence-electron chi connectivity index (χ0n) is 9.82. The highest BCUT2D eigenvalue weighted by Gasteiger charge is 2.21. The fourth-order valence-corrected chi connectivity index (χ4v) is 2.30. The van der Waals surface area contributed by atoms with Crippen molar-refractivity contribution >= 4 is 21.8 Å². The van der Waals surface area contributed by atoms with Gasteiger partial charge in [0, 0.05) is 5.69 Å². The molecule has 0 saturated carbocycles. The van der Waals surface area contributed by atoms with E-state index in [-0.39, 0.29) is 5.82 Å². The van der Waals surface area contributed by atoms with Gasteiger partial charge in [-0.3, -0.25) is 4.72 Å². The molecule has 0 aliphatic rings. The number of anilines is 1. The first-order chi connectivity index (χ1) is 8.88. The van der Waals surface area contributed by atoms with Crippen LogP contribution >= 0.6 is 0 Å². The van der Waals surface area contributed by atoms with Gasteiger partial charge in [-0.15, -0.1) is 0 Å². The van der Waals surface area contributed by atoms with Crippen LogP contribution in [0, 0.1) is 6.92 Å².